The van der Waals surface area contributed by atoms with Gasteiger partial charge in [0, 0.05) is 6.61 Å². The van der Waals surface area contributed by atoms with Gasteiger partial charge in [-0.25, -0.2) is 4.79 Å². The summed E-state index contributed by atoms with van der Waals surface area (Å²) in [6.45, 7) is 1.27. The fourth-order valence-corrected chi connectivity index (χ4v) is 3.91. The van der Waals surface area contributed by atoms with Crippen LogP contribution in [0.25, 0.3) is 6.08 Å². The molecule has 1 atom stereocenters. The van der Waals surface area contributed by atoms with Crippen molar-refractivity contribution in [1.82, 2.24) is 4.90 Å². The van der Waals surface area contributed by atoms with Crippen LogP contribution in [-0.4, -0.2) is 47.5 Å². The minimum atomic E-state index is -0.385. The van der Waals surface area contributed by atoms with Gasteiger partial charge in [-0.2, -0.15) is 0 Å². The molecule has 2 heterocycles. The number of methoxy groups -OCH3 is 1. The molecule has 2 fully saturated rings. The van der Waals surface area contributed by atoms with Gasteiger partial charge in [0.25, 0.3) is 5.91 Å². The highest BCUT2D eigenvalue weighted by Gasteiger charge is 2.34. The van der Waals surface area contributed by atoms with Crippen molar-refractivity contribution in [3.05, 3.63) is 40.3 Å². The van der Waals surface area contributed by atoms with Gasteiger partial charge in [-0.1, -0.05) is 36.1 Å². The fraction of sp³-hybridized carbons (Fsp3) is 0.353. The topological polar surface area (TPSA) is 55.8 Å². The van der Waals surface area contributed by atoms with Crippen molar-refractivity contribution in [3.8, 4) is 0 Å². The molecule has 1 aromatic carbocycles. The number of hydrogen-bond acceptors (Lipinski definition) is 6. The largest absolute Gasteiger partial charge is 0.465 e. The number of nitrogens with zero attached hydrogens (tertiary/aromatic N) is 1. The zero-order valence-electron chi connectivity index (χ0n) is 13.2. The van der Waals surface area contributed by atoms with Crippen LogP contribution >= 0.6 is 24.0 Å². The van der Waals surface area contributed by atoms with Gasteiger partial charge in [-0.15, -0.1) is 0 Å². The molecule has 1 unspecified atom stereocenters. The van der Waals surface area contributed by atoms with Gasteiger partial charge in [-0.3, -0.25) is 9.69 Å². The lowest BCUT2D eigenvalue weighted by Crippen LogP contribution is -2.35. The molecule has 0 spiro atoms. The highest BCUT2D eigenvalue weighted by molar-refractivity contribution is 8.26. The summed E-state index contributed by atoms with van der Waals surface area (Å²) in [6, 6.07) is 6.90. The highest BCUT2D eigenvalue weighted by atomic mass is 32.2. The van der Waals surface area contributed by atoms with Crippen LogP contribution in [0.4, 0.5) is 0 Å². The molecule has 5 nitrogen and oxygen atoms in total. The number of hydrogen-bond donors (Lipinski definition) is 0. The van der Waals surface area contributed by atoms with Crippen LogP contribution in [0, 0.1) is 0 Å². The Morgan fingerprint density at radius 1 is 1.46 bits per heavy atom. The van der Waals surface area contributed by atoms with Crippen LogP contribution in [0.2, 0.25) is 0 Å². The van der Waals surface area contributed by atoms with E-state index in [1.165, 1.54) is 18.9 Å². The first-order valence-electron chi connectivity index (χ1n) is 7.64. The second-order valence-electron chi connectivity index (χ2n) is 5.54. The first-order valence-corrected chi connectivity index (χ1v) is 8.86. The molecule has 0 aliphatic carbocycles. The summed E-state index contributed by atoms with van der Waals surface area (Å²) < 4.78 is 10.8. The van der Waals surface area contributed by atoms with E-state index in [1.807, 2.05) is 0 Å². The van der Waals surface area contributed by atoms with Crippen molar-refractivity contribution < 1.29 is 19.1 Å². The van der Waals surface area contributed by atoms with Crippen LogP contribution in [-0.2, 0) is 14.3 Å². The SMILES string of the molecule is COC(=O)c1ccc(/C=C2\SC(=S)N(CC3CCCO3)C2=O)cc1. The molecule has 7 heteroatoms. The van der Waals surface area contributed by atoms with Gasteiger partial charge >= 0.3 is 5.97 Å². The van der Waals surface area contributed by atoms with Gasteiger partial charge in [0.1, 0.15) is 4.32 Å². The molecule has 126 valence electrons. The lowest BCUT2D eigenvalue weighted by Gasteiger charge is -2.18. The van der Waals surface area contributed by atoms with E-state index in [0.29, 0.717) is 21.3 Å². The van der Waals surface area contributed by atoms with Crippen molar-refractivity contribution in [1.29, 1.82) is 0 Å². The third kappa shape index (κ3) is 3.68. The number of thiocarbonyl (C=S) groups is 1. The summed E-state index contributed by atoms with van der Waals surface area (Å²) >= 11 is 6.62. The third-order valence-corrected chi connectivity index (χ3v) is 5.29. The monoisotopic (exact) mass is 363 g/mol. The lowest BCUT2D eigenvalue weighted by atomic mass is 10.1. The van der Waals surface area contributed by atoms with Crippen molar-refractivity contribution in [2.24, 2.45) is 0 Å². The van der Waals surface area contributed by atoms with Gasteiger partial charge in [0.2, 0.25) is 0 Å². The molecule has 0 radical (unpaired) electrons. The van der Waals surface area contributed by atoms with E-state index in [2.05, 4.69) is 4.74 Å². The van der Waals surface area contributed by atoms with E-state index in [9.17, 15) is 9.59 Å². The Hall–Kier alpha value is -1.70. The van der Waals surface area contributed by atoms with Gasteiger partial charge in [0.05, 0.1) is 30.2 Å². The highest BCUT2D eigenvalue weighted by Crippen LogP contribution is 2.33. The maximum atomic E-state index is 12.5. The van der Waals surface area contributed by atoms with Crippen LogP contribution < -0.4 is 0 Å². The number of carbonyl (C=O) groups excluding carboxylic acids is 2. The number of amides is 1. The van der Waals surface area contributed by atoms with Gasteiger partial charge < -0.3 is 9.47 Å². The predicted molar refractivity (Wildman–Crippen MR) is 96.6 cm³/mol. The first-order chi connectivity index (χ1) is 11.6. The van der Waals surface area contributed by atoms with E-state index in [-0.39, 0.29) is 18.0 Å². The van der Waals surface area contributed by atoms with Gasteiger partial charge in [-0.05, 0) is 36.6 Å². The molecule has 3 rings (SSSR count). The number of esters is 1. The van der Waals surface area contributed by atoms with Crippen molar-refractivity contribution in [2.45, 2.75) is 18.9 Å². The van der Waals surface area contributed by atoms with E-state index in [1.54, 1.807) is 35.2 Å². The Balaban J connectivity index is 1.72. The molecule has 1 aromatic rings. The van der Waals surface area contributed by atoms with Crippen molar-refractivity contribution in [2.75, 3.05) is 20.3 Å². The number of thioether (sulfide) groups is 1. The van der Waals surface area contributed by atoms with Crippen molar-refractivity contribution >= 4 is 46.3 Å². The normalized spacial score (nSPS) is 22.5. The van der Waals surface area contributed by atoms with Crippen LogP contribution in [0.1, 0.15) is 28.8 Å². The maximum absolute atomic E-state index is 12.5. The summed E-state index contributed by atoms with van der Waals surface area (Å²) in [5.41, 5.74) is 1.31. The lowest BCUT2D eigenvalue weighted by molar-refractivity contribution is -0.123. The van der Waals surface area contributed by atoms with E-state index < -0.39 is 0 Å². The Labute approximate surface area is 150 Å². The molecule has 2 aliphatic rings. The van der Waals surface area contributed by atoms with E-state index in [4.69, 9.17) is 17.0 Å². The fourth-order valence-electron chi connectivity index (χ4n) is 2.63. The average Bonchev–Trinajstić information content (AvgIpc) is 3.19. The first kappa shape index (κ1) is 17.1. The second kappa shape index (κ2) is 7.46. The van der Waals surface area contributed by atoms with Gasteiger partial charge in [0.15, 0.2) is 0 Å². The minimum absolute atomic E-state index is 0.0752. The second-order valence-corrected chi connectivity index (χ2v) is 7.22. The van der Waals surface area contributed by atoms with E-state index in [0.717, 1.165) is 25.0 Å². The summed E-state index contributed by atoms with van der Waals surface area (Å²) in [7, 11) is 1.34. The average molecular weight is 363 g/mol. The molecule has 1 amide bonds. The Kier molecular flexibility index (Phi) is 5.33. The summed E-state index contributed by atoms with van der Waals surface area (Å²) in [5, 5.41) is 0. The molecule has 0 aromatic heterocycles. The number of carbonyl (C=O) groups is 2. The molecule has 2 saturated heterocycles. The van der Waals surface area contributed by atoms with Crippen molar-refractivity contribution in [3.63, 3.8) is 0 Å². The zero-order chi connectivity index (χ0) is 17.1. The standard InChI is InChI=1S/C17H17NO4S2/c1-21-16(20)12-6-4-11(5-7-12)9-14-15(19)18(17(23)24-14)10-13-3-2-8-22-13/h4-7,9,13H,2-3,8,10H2,1H3/b14-9-. The van der Waals surface area contributed by atoms with Crippen LogP contribution in [0.3, 0.4) is 0 Å². The van der Waals surface area contributed by atoms with Crippen LogP contribution in [0.15, 0.2) is 29.2 Å². The minimum Gasteiger partial charge on any atom is -0.465 e. The zero-order valence-corrected chi connectivity index (χ0v) is 14.8. The van der Waals surface area contributed by atoms with Crippen LogP contribution in [0.5, 0.6) is 0 Å². The summed E-state index contributed by atoms with van der Waals surface area (Å²) in [6.07, 6.45) is 3.86. The molecule has 24 heavy (non-hydrogen) atoms. The quantitative estimate of drug-likeness (QED) is 0.466. The number of ether oxygens (including phenoxy) is 2. The molecular formula is C17H17NO4S2. The predicted octanol–water partition coefficient (Wildman–Crippen LogP) is 2.85. The molecule has 2 aliphatic heterocycles. The Morgan fingerprint density at radius 3 is 2.83 bits per heavy atom. The third-order valence-electron chi connectivity index (χ3n) is 3.91. The smallest absolute Gasteiger partial charge is 0.337 e. The maximum Gasteiger partial charge on any atom is 0.337 e. The number of benzene rings is 1. The molecule has 0 saturated carbocycles. The molecular weight excluding hydrogens is 346 g/mol. The Bertz CT molecular complexity index is 693. The Morgan fingerprint density at radius 2 is 2.21 bits per heavy atom. The molecule has 0 bridgehead atoms. The summed E-state index contributed by atoms with van der Waals surface area (Å²) in [4.78, 5) is 26.2. The number of rotatable bonds is 4. The summed E-state index contributed by atoms with van der Waals surface area (Å²) in [5.74, 6) is -0.470. The van der Waals surface area contributed by atoms with E-state index >= 15 is 0 Å². The molecule has 0 N–H and O–H groups in total.